The summed E-state index contributed by atoms with van der Waals surface area (Å²) in [5.74, 6) is 0.00844. The Balaban J connectivity index is 1.74. The van der Waals surface area contributed by atoms with Crippen molar-refractivity contribution in [2.75, 3.05) is 4.90 Å². The van der Waals surface area contributed by atoms with Crippen molar-refractivity contribution in [3.05, 3.63) is 65.2 Å². The van der Waals surface area contributed by atoms with E-state index in [4.69, 9.17) is 12.2 Å². The van der Waals surface area contributed by atoms with Crippen LogP contribution in [0, 0.1) is 0 Å². The number of hydrogen-bond acceptors (Lipinski definition) is 4. The van der Waals surface area contributed by atoms with E-state index < -0.39 is 0 Å². The molecule has 1 aromatic heterocycles. The first kappa shape index (κ1) is 15.9. The van der Waals surface area contributed by atoms with Gasteiger partial charge >= 0.3 is 0 Å². The highest BCUT2D eigenvalue weighted by atomic mass is 32.2. The predicted octanol–water partition coefficient (Wildman–Crippen LogP) is 4.29. The quantitative estimate of drug-likeness (QED) is 0.543. The van der Waals surface area contributed by atoms with Gasteiger partial charge in [0.1, 0.15) is 5.75 Å². The van der Waals surface area contributed by atoms with Crippen molar-refractivity contribution >= 4 is 56.9 Å². The van der Waals surface area contributed by atoms with Crippen LogP contribution >= 0.6 is 24.0 Å². The molecule has 4 nitrogen and oxygen atoms in total. The molecule has 6 heteroatoms. The molecular weight excluding hydrogens is 352 g/mol. The number of aromatic nitrogens is 1. The summed E-state index contributed by atoms with van der Waals surface area (Å²) in [5, 5.41) is 10.5. The maximum Gasteiger partial charge on any atom is 0.270 e. The molecule has 2 heterocycles. The van der Waals surface area contributed by atoms with Gasteiger partial charge in [0.05, 0.1) is 10.6 Å². The van der Waals surface area contributed by atoms with Crippen molar-refractivity contribution in [1.82, 2.24) is 4.57 Å². The Bertz CT molecular complexity index is 1040. The van der Waals surface area contributed by atoms with Crippen LogP contribution in [0.1, 0.15) is 5.56 Å². The van der Waals surface area contributed by atoms with Crippen LogP contribution < -0.4 is 4.90 Å². The Kier molecular flexibility index (Phi) is 3.86. The van der Waals surface area contributed by atoms with E-state index in [9.17, 15) is 9.90 Å². The maximum absolute atomic E-state index is 12.8. The van der Waals surface area contributed by atoms with E-state index in [2.05, 4.69) is 0 Å². The fourth-order valence-electron chi connectivity index (χ4n) is 2.92. The molecule has 0 saturated carbocycles. The van der Waals surface area contributed by atoms with Gasteiger partial charge in [0.25, 0.3) is 5.91 Å². The average Bonchev–Trinajstić information content (AvgIpc) is 3.06. The van der Waals surface area contributed by atoms with Gasteiger partial charge in [-0.2, -0.15) is 0 Å². The summed E-state index contributed by atoms with van der Waals surface area (Å²) in [6, 6.07) is 14.5. The van der Waals surface area contributed by atoms with E-state index in [1.54, 1.807) is 24.3 Å². The highest BCUT2D eigenvalue weighted by molar-refractivity contribution is 8.27. The molecule has 2 aromatic carbocycles. The van der Waals surface area contributed by atoms with Crippen molar-refractivity contribution in [3.8, 4) is 5.75 Å². The average molecular weight is 366 g/mol. The Morgan fingerprint density at radius 2 is 1.84 bits per heavy atom. The summed E-state index contributed by atoms with van der Waals surface area (Å²) >= 11 is 6.68. The molecule has 0 unspecified atom stereocenters. The van der Waals surface area contributed by atoms with Crippen molar-refractivity contribution < 1.29 is 9.90 Å². The Morgan fingerprint density at radius 3 is 2.60 bits per heavy atom. The van der Waals surface area contributed by atoms with E-state index in [1.165, 1.54) is 16.7 Å². The molecule has 1 fully saturated rings. The van der Waals surface area contributed by atoms with Crippen LogP contribution in [0.25, 0.3) is 17.0 Å². The van der Waals surface area contributed by atoms with Gasteiger partial charge in [0.15, 0.2) is 4.32 Å². The normalized spacial score (nSPS) is 16.4. The number of phenolic OH excluding ortho intramolecular Hbond substituents is 1. The highest BCUT2D eigenvalue weighted by Crippen LogP contribution is 2.37. The SMILES string of the molecule is Cn1cc(/C=C2/SC(=S)N(c3ccc(O)cc3)C2=O)c2ccccc21. The zero-order valence-electron chi connectivity index (χ0n) is 13.3. The number of thioether (sulfide) groups is 1. The third kappa shape index (κ3) is 2.73. The Hall–Kier alpha value is -2.57. The number of rotatable bonds is 2. The summed E-state index contributed by atoms with van der Waals surface area (Å²) < 4.78 is 2.53. The zero-order valence-corrected chi connectivity index (χ0v) is 15.0. The number of phenols is 1. The number of aryl methyl sites for hydroxylation is 1. The molecule has 0 aliphatic carbocycles. The number of carbonyl (C=O) groups excluding carboxylic acids is 1. The maximum atomic E-state index is 12.8. The van der Waals surface area contributed by atoms with Crippen LogP contribution in [-0.4, -0.2) is 19.9 Å². The number of fused-ring (bicyclic) bond motifs is 1. The summed E-state index contributed by atoms with van der Waals surface area (Å²) in [6.07, 6.45) is 3.90. The van der Waals surface area contributed by atoms with Crippen LogP contribution in [0.5, 0.6) is 5.75 Å². The van der Waals surface area contributed by atoms with Gasteiger partial charge in [-0.25, -0.2) is 0 Å². The highest BCUT2D eigenvalue weighted by Gasteiger charge is 2.33. The first-order chi connectivity index (χ1) is 12.0. The first-order valence-corrected chi connectivity index (χ1v) is 8.88. The molecule has 25 heavy (non-hydrogen) atoms. The van der Waals surface area contributed by atoms with Crippen LogP contribution in [0.4, 0.5) is 5.69 Å². The summed E-state index contributed by atoms with van der Waals surface area (Å²) in [4.78, 5) is 14.9. The van der Waals surface area contributed by atoms with Gasteiger partial charge in [-0.15, -0.1) is 0 Å². The Morgan fingerprint density at radius 1 is 1.12 bits per heavy atom. The van der Waals surface area contributed by atoms with Gasteiger partial charge in [-0.1, -0.05) is 42.2 Å². The number of benzene rings is 2. The lowest BCUT2D eigenvalue weighted by Gasteiger charge is -2.14. The molecule has 0 bridgehead atoms. The summed E-state index contributed by atoms with van der Waals surface area (Å²) in [7, 11) is 1.99. The third-order valence-electron chi connectivity index (χ3n) is 4.12. The number of para-hydroxylation sites is 1. The number of thiocarbonyl (C=S) groups is 1. The molecule has 1 aliphatic heterocycles. The monoisotopic (exact) mass is 366 g/mol. The van der Waals surface area contributed by atoms with Crippen molar-refractivity contribution in [3.63, 3.8) is 0 Å². The number of anilines is 1. The molecule has 4 rings (SSSR count). The van der Waals surface area contributed by atoms with Crippen LogP contribution in [-0.2, 0) is 11.8 Å². The topological polar surface area (TPSA) is 45.5 Å². The molecule has 1 N–H and O–H groups in total. The second-order valence-electron chi connectivity index (χ2n) is 5.75. The molecule has 1 aliphatic rings. The fraction of sp³-hybridized carbons (Fsp3) is 0.0526. The minimum absolute atomic E-state index is 0.145. The standard InChI is InChI=1S/C19H14N2O2S2/c1-20-11-12(15-4-2-3-5-16(15)20)10-17-18(23)21(19(24)25-17)13-6-8-14(22)9-7-13/h2-11,22H,1H3/b17-10+. The minimum atomic E-state index is -0.145. The van der Waals surface area contributed by atoms with Crippen LogP contribution in [0.3, 0.4) is 0 Å². The largest absolute Gasteiger partial charge is 0.508 e. The first-order valence-electron chi connectivity index (χ1n) is 7.65. The van der Waals surface area contributed by atoms with Crippen LogP contribution in [0.2, 0.25) is 0 Å². The molecule has 1 amide bonds. The number of amides is 1. The van der Waals surface area contributed by atoms with Gasteiger partial charge < -0.3 is 9.67 Å². The number of hydrogen-bond donors (Lipinski definition) is 1. The van der Waals surface area contributed by atoms with E-state index >= 15 is 0 Å². The number of aromatic hydroxyl groups is 1. The summed E-state index contributed by atoms with van der Waals surface area (Å²) in [6.45, 7) is 0. The van der Waals surface area contributed by atoms with Gasteiger partial charge in [0, 0.05) is 29.7 Å². The second-order valence-corrected chi connectivity index (χ2v) is 7.42. The lowest BCUT2D eigenvalue weighted by molar-refractivity contribution is -0.113. The van der Waals surface area contributed by atoms with Crippen molar-refractivity contribution in [1.29, 1.82) is 0 Å². The zero-order chi connectivity index (χ0) is 17.6. The molecule has 124 valence electrons. The van der Waals surface area contributed by atoms with Gasteiger partial charge in [-0.3, -0.25) is 9.69 Å². The lowest BCUT2D eigenvalue weighted by atomic mass is 10.1. The molecule has 1 saturated heterocycles. The van der Waals surface area contributed by atoms with Crippen molar-refractivity contribution in [2.45, 2.75) is 0 Å². The fourth-order valence-corrected chi connectivity index (χ4v) is 4.21. The van der Waals surface area contributed by atoms with Crippen LogP contribution in [0.15, 0.2) is 59.6 Å². The molecule has 0 atom stereocenters. The van der Waals surface area contributed by atoms with Crippen molar-refractivity contribution in [2.24, 2.45) is 7.05 Å². The van der Waals surface area contributed by atoms with E-state index in [0.717, 1.165) is 16.5 Å². The van der Waals surface area contributed by atoms with E-state index in [1.807, 2.05) is 48.2 Å². The molecular formula is C19H14N2O2S2. The minimum Gasteiger partial charge on any atom is -0.508 e. The summed E-state index contributed by atoms with van der Waals surface area (Å²) in [5.41, 5.74) is 2.76. The third-order valence-corrected chi connectivity index (χ3v) is 5.42. The molecule has 0 spiro atoms. The van der Waals surface area contributed by atoms with Gasteiger partial charge in [-0.05, 0) is 36.4 Å². The van der Waals surface area contributed by atoms with E-state index in [0.29, 0.717) is 14.9 Å². The smallest absolute Gasteiger partial charge is 0.270 e. The number of nitrogens with zero attached hydrogens (tertiary/aromatic N) is 2. The molecule has 3 aromatic rings. The second kappa shape index (κ2) is 6.06. The predicted molar refractivity (Wildman–Crippen MR) is 107 cm³/mol. The van der Waals surface area contributed by atoms with E-state index in [-0.39, 0.29) is 11.7 Å². The molecule has 0 radical (unpaired) electrons. The lowest BCUT2D eigenvalue weighted by Crippen LogP contribution is -2.27. The number of carbonyl (C=O) groups is 1. The Labute approximate surface area is 154 Å². The van der Waals surface area contributed by atoms with Gasteiger partial charge in [0.2, 0.25) is 0 Å².